The SMILES string of the molecule is CCCc1c(CCC)c(CCC)c2cc3c(CC)c4c(c(CC)c3cc2c1CCC)Cc1c(C)c(C(=O)OCC)c(C(=O)OCC)c(C)c1C4. The molecule has 0 bridgehead atoms. The van der Waals surface area contributed by atoms with Gasteiger partial charge in [0.1, 0.15) is 0 Å². The number of carbonyl (C=O) groups excluding carboxylic acids is 2. The van der Waals surface area contributed by atoms with Gasteiger partial charge in [-0.15, -0.1) is 0 Å². The Hall–Kier alpha value is -3.66. The molecule has 0 saturated heterocycles. The third-order valence-electron chi connectivity index (χ3n) is 11.3. The molecule has 1 aliphatic carbocycles. The first-order chi connectivity index (χ1) is 24.2. The Bertz CT molecular complexity index is 1800. The van der Waals surface area contributed by atoms with Crippen molar-refractivity contribution < 1.29 is 19.1 Å². The lowest BCUT2D eigenvalue weighted by molar-refractivity contribution is 0.0477. The van der Waals surface area contributed by atoms with Gasteiger partial charge < -0.3 is 9.47 Å². The number of aryl methyl sites for hydroxylation is 4. The molecule has 1 aliphatic rings. The molecule has 4 aromatic carbocycles. The van der Waals surface area contributed by atoms with Crippen LogP contribution in [0.4, 0.5) is 0 Å². The van der Waals surface area contributed by atoms with Gasteiger partial charge >= 0.3 is 11.9 Å². The van der Waals surface area contributed by atoms with Crippen LogP contribution in [0.1, 0.15) is 169 Å². The molecule has 268 valence electrons. The molecule has 0 amide bonds. The van der Waals surface area contributed by atoms with E-state index in [0.717, 1.165) is 99.3 Å². The molecule has 4 nitrogen and oxygen atoms in total. The molecule has 0 atom stereocenters. The monoisotopic (exact) mass is 676 g/mol. The molecule has 0 saturated carbocycles. The number of fused-ring (bicyclic) bond motifs is 4. The maximum Gasteiger partial charge on any atom is 0.339 e. The van der Waals surface area contributed by atoms with Gasteiger partial charge in [-0.25, -0.2) is 9.59 Å². The van der Waals surface area contributed by atoms with E-state index >= 15 is 0 Å². The van der Waals surface area contributed by atoms with Crippen molar-refractivity contribution in [3.8, 4) is 0 Å². The quantitative estimate of drug-likeness (QED) is 0.0868. The summed E-state index contributed by atoms with van der Waals surface area (Å²) >= 11 is 0. The van der Waals surface area contributed by atoms with Crippen LogP contribution in [-0.2, 0) is 60.8 Å². The minimum atomic E-state index is -0.448. The molecule has 0 fully saturated rings. The predicted octanol–water partition coefficient (Wildman–Crippen LogP) is 11.4. The van der Waals surface area contributed by atoms with Gasteiger partial charge in [0, 0.05) is 0 Å². The van der Waals surface area contributed by atoms with Crippen LogP contribution in [0, 0.1) is 13.8 Å². The molecule has 0 heterocycles. The Morgan fingerprint density at radius 2 is 0.800 bits per heavy atom. The minimum absolute atomic E-state index is 0.249. The zero-order valence-electron chi connectivity index (χ0n) is 32.7. The second-order valence-corrected chi connectivity index (χ2v) is 14.2. The molecule has 0 aromatic heterocycles. The van der Waals surface area contributed by atoms with Gasteiger partial charge in [0.15, 0.2) is 0 Å². The van der Waals surface area contributed by atoms with Crippen LogP contribution in [0.15, 0.2) is 12.1 Å². The molecule has 0 N–H and O–H groups in total. The van der Waals surface area contributed by atoms with E-state index in [1.165, 1.54) is 43.8 Å². The second kappa shape index (κ2) is 16.1. The largest absolute Gasteiger partial charge is 0.462 e. The Balaban J connectivity index is 1.90. The van der Waals surface area contributed by atoms with Crippen LogP contribution in [0.5, 0.6) is 0 Å². The lowest BCUT2D eigenvalue weighted by Gasteiger charge is -2.31. The molecule has 0 aliphatic heterocycles. The Morgan fingerprint density at radius 1 is 0.480 bits per heavy atom. The van der Waals surface area contributed by atoms with Crippen molar-refractivity contribution in [2.75, 3.05) is 13.2 Å². The van der Waals surface area contributed by atoms with Gasteiger partial charge in [0.25, 0.3) is 0 Å². The highest BCUT2D eigenvalue weighted by Gasteiger charge is 2.33. The van der Waals surface area contributed by atoms with Crippen molar-refractivity contribution in [1.82, 2.24) is 0 Å². The molecule has 0 spiro atoms. The highest BCUT2D eigenvalue weighted by atomic mass is 16.5. The van der Waals surface area contributed by atoms with E-state index < -0.39 is 11.9 Å². The van der Waals surface area contributed by atoms with Crippen molar-refractivity contribution in [2.45, 2.75) is 146 Å². The summed E-state index contributed by atoms with van der Waals surface area (Å²) < 4.78 is 11.1. The zero-order valence-corrected chi connectivity index (χ0v) is 32.7. The van der Waals surface area contributed by atoms with Crippen molar-refractivity contribution in [3.05, 3.63) is 90.0 Å². The fourth-order valence-electron chi connectivity index (χ4n) is 9.26. The summed E-state index contributed by atoms with van der Waals surface area (Å²) in [6, 6.07) is 5.17. The van der Waals surface area contributed by atoms with Crippen LogP contribution in [-0.4, -0.2) is 25.2 Å². The van der Waals surface area contributed by atoms with Gasteiger partial charge in [0.2, 0.25) is 0 Å². The van der Waals surface area contributed by atoms with Gasteiger partial charge in [-0.05, 0) is 180 Å². The number of esters is 2. The summed E-state index contributed by atoms with van der Waals surface area (Å²) in [5.74, 6) is -0.896. The third kappa shape index (κ3) is 6.37. The zero-order chi connectivity index (χ0) is 36.3. The maximum atomic E-state index is 13.5. The van der Waals surface area contributed by atoms with E-state index in [2.05, 4.69) is 53.7 Å². The van der Waals surface area contributed by atoms with Gasteiger partial charge in [-0.2, -0.15) is 0 Å². The first-order valence-electron chi connectivity index (χ1n) is 19.7. The van der Waals surface area contributed by atoms with Crippen LogP contribution >= 0.6 is 0 Å². The van der Waals surface area contributed by atoms with E-state index in [1.54, 1.807) is 36.1 Å². The average molecular weight is 677 g/mol. The van der Waals surface area contributed by atoms with Crippen molar-refractivity contribution in [2.24, 2.45) is 0 Å². The van der Waals surface area contributed by atoms with Crippen LogP contribution in [0.3, 0.4) is 0 Å². The predicted molar refractivity (Wildman–Crippen MR) is 210 cm³/mol. The normalized spacial score (nSPS) is 12.4. The standard InChI is InChI=1S/C46H60O4/c1-11-19-31-32(20-12-2)34(22-14-4)42-26-40-30(16-6)38-24-36-28(10)44(46(48)50-18-8)43(45(47)49-17-7)27(9)35(36)23-37(38)29(15-5)39(40)25-41(42)33(31)21-13-3/h25-26H,11-24H2,1-10H3. The van der Waals surface area contributed by atoms with E-state index in [0.29, 0.717) is 11.1 Å². The van der Waals surface area contributed by atoms with Crippen LogP contribution < -0.4 is 0 Å². The van der Waals surface area contributed by atoms with E-state index in [1.807, 2.05) is 13.8 Å². The number of hydrogen-bond acceptors (Lipinski definition) is 4. The summed E-state index contributed by atoms with van der Waals surface area (Å²) in [7, 11) is 0. The summed E-state index contributed by atoms with van der Waals surface area (Å²) in [5.41, 5.74) is 16.8. The summed E-state index contributed by atoms with van der Waals surface area (Å²) in [6.45, 7) is 22.0. The van der Waals surface area contributed by atoms with E-state index in [-0.39, 0.29) is 13.2 Å². The second-order valence-electron chi connectivity index (χ2n) is 14.2. The van der Waals surface area contributed by atoms with E-state index in [4.69, 9.17) is 9.47 Å². The maximum absolute atomic E-state index is 13.5. The number of hydrogen-bond donors (Lipinski definition) is 0. The fraction of sp³-hybridized carbons (Fsp3) is 0.522. The van der Waals surface area contributed by atoms with Crippen molar-refractivity contribution >= 4 is 33.5 Å². The average Bonchev–Trinajstić information content (AvgIpc) is 3.10. The summed E-state index contributed by atoms with van der Waals surface area (Å²) in [5, 5.41) is 5.73. The molecule has 0 radical (unpaired) electrons. The van der Waals surface area contributed by atoms with Crippen molar-refractivity contribution in [3.63, 3.8) is 0 Å². The highest BCUT2D eigenvalue weighted by molar-refractivity contribution is 6.07. The Kier molecular flexibility index (Phi) is 12.1. The third-order valence-corrected chi connectivity index (χ3v) is 11.3. The smallest absolute Gasteiger partial charge is 0.339 e. The Labute approximate surface area is 301 Å². The minimum Gasteiger partial charge on any atom is -0.462 e. The van der Waals surface area contributed by atoms with Gasteiger partial charge in [-0.1, -0.05) is 67.2 Å². The molecule has 0 unspecified atom stereocenters. The first kappa shape index (κ1) is 37.6. The molecule has 4 aromatic rings. The lowest BCUT2D eigenvalue weighted by Crippen LogP contribution is -2.23. The topological polar surface area (TPSA) is 52.6 Å². The fourth-order valence-corrected chi connectivity index (χ4v) is 9.26. The first-order valence-corrected chi connectivity index (χ1v) is 19.7. The van der Waals surface area contributed by atoms with Gasteiger partial charge in [0.05, 0.1) is 24.3 Å². The molecule has 50 heavy (non-hydrogen) atoms. The van der Waals surface area contributed by atoms with Crippen LogP contribution in [0.25, 0.3) is 21.5 Å². The number of carbonyl (C=O) groups is 2. The number of ether oxygens (including phenoxy) is 2. The number of benzene rings is 4. The molecule has 4 heteroatoms. The molecular weight excluding hydrogens is 617 g/mol. The Morgan fingerprint density at radius 3 is 1.10 bits per heavy atom. The van der Waals surface area contributed by atoms with Crippen LogP contribution in [0.2, 0.25) is 0 Å². The summed E-state index contributed by atoms with van der Waals surface area (Å²) in [6.07, 6.45) is 12.5. The molecule has 5 rings (SSSR count). The summed E-state index contributed by atoms with van der Waals surface area (Å²) in [4.78, 5) is 26.9. The lowest BCUT2D eigenvalue weighted by atomic mass is 9.73. The van der Waals surface area contributed by atoms with E-state index in [9.17, 15) is 9.59 Å². The molecular formula is C46H60O4. The highest BCUT2D eigenvalue weighted by Crippen LogP contribution is 2.45. The van der Waals surface area contributed by atoms with Crippen molar-refractivity contribution in [1.29, 1.82) is 0 Å². The number of rotatable bonds is 14. The van der Waals surface area contributed by atoms with Gasteiger partial charge in [-0.3, -0.25) is 0 Å².